The fraction of sp³-hybridized carbons (Fsp3) is 0.524. The molecule has 0 radical (unpaired) electrons. The first-order chi connectivity index (χ1) is 14.1. The van der Waals surface area contributed by atoms with E-state index in [-0.39, 0.29) is 6.61 Å². The smallest absolute Gasteiger partial charge is 0.475 e. The molecule has 1 aromatic heterocycles. The number of aliphatic carboxylic acids is 1. The van der Waals surface area contributed by atoms with Gasteiger partial charge < -0.3 is 15.1 Å². The zero-order valence-corrected chi connectivity index (χ0v) is 17.1. The van der Waals surface area contributed by atoms with Gasteiger partial charge >= 0.3 is 12.1 Å². The lowest BCUT2D eigenvalue weighted by Gasteiger charge is -2.15. The maximum absolute atomic E-state index is 10.6. The Hall–Kier alpha value is -2.39. The van der Waals surface area contributed by atoms with Gasteiger partial charge in [0.05, 0.1) is 6.20 Å². The number of carbonyl (C=O) groups is 1. The second-order valence-electron chi connectivity index (χ2n) is 7.48. The van der Waals surface area contributed by atoms with Crippen LogP contribution in [0.5, 0.6) is 0 Å². The Morgan fingerprint density at radius 2 is 1.80 bits per heavy atom. The van der Waals surface area contributed by atoms with Crippen LogP contribution < -0.4 is 0 Å². The van der Waals surface area contributed by atoms with Crippen molar-refractivity contribution in [2.45, 2.75) is 31.9 Å². The van der Waals surface area contributed by atoms with Gasteiger partial charge in [-0.2, -0.15) is 18.3 Å². The van der Waals surface area contributed by atoms with Gasteiger partial charge in [-0.3, -0.25) is 4.68 Å². The minimum absolute atomic E-state index is 0.251. The predicted octanol–water partition coefficient (Wildman–Crippen LogP) is 2.87. The van der Waals surface area contributed by atoms with Gasteiger partial charge in [0.25, 0.3) is 0 Å². The van der Waals surface area contributed by atoms with E-state index in [0.29, 0.717) is 11.8 Å². The third kappa shape index (κ3) is 6.84. The van der Waals surface area contributed by atoms with E-state index in [4.69, 9.17) is 9.90 Å². The van der Waals surface area contributed by atoms with Crippen LogP contribution >= 0.6 is 0 Å². The highest BCUT2D eigenvalue weighted by Gasteiger charge is 2.38. The average molecular weight is 427 g/mol. The number of alkyl halides is 3. The van der Waals surface area contributed by atoms with Gasteiger partial charge in [-0.05, 0) is 29.5 Å². The minimum Gasteiger partial charge on any atom is -0.475 e. The summed E-state index contributed by atoms with van der Waals surface area (Å²) in [4.78, 5) is 11.4. The van der Waals surface area contributed by atoms with Gasteiger partial charge in [-0.1, -0.05) is 31.2 Å². The number of benzene rings is 1. The molecule has 1 saturated heterocycles. The number of aliphatic hydroxyl groups excluding tert-OH is 1. The largest absolute Gasteiger partial charge is 0.490 e. The third-order valence-corrected chi connectivity index (χ3v) is 5.29. The molecule has 2 N–H and O–H groups in total. The van der Waals surface area contributed by atoms with Crippen molar-refractivity contribution < 1.29 is 28.2 Å². The number of carboxylic acid groups (broad SMARTS) is 1. The predicted molar refractivity (Wildman–Crippen MR) is 106 cm³/mol. The maximum Gasteiger partial charge on any atom is 0.490 e. The summed E-state index contributed by atoms with van der Waals surface area (Å²) in [5.74, 6) is -2.04. The number of likely N-dealkylation sites (tertiary alicyclic amines) is 1. The number of halogens is 3. The van der Waals surface area contributed by atoms with Crippen LogP contribution in [0.1, 0.15) is 29.5 Å². The van der Waals surface area contributed by atoms with E-state index in [1.165, 1.54) is 16.7 Å². The minimum atomic E-state index is -5.08. The summed E-state index contributed by atoms with van der Waals surface area (Å²) in [5, 5.41) is 21.1. The van der Waals surface area contributed by atoms with E-state index in [9.17, 15) is 18.3 Å². The normalized spacial score (nSPS) is 19.4. The molecule has 0 bridgehead atoms. The fourth-order valence-corrected chi connectivity index (χ4v) is 3.57. The Morgan fingerprint density at radius 3 is 2.27 bits per heavy atom. The highest BCUT2D eigenvalue weighted by Crippen LogP contribution is 2.32. The molecule has 0 aliphatic carbocycles. The average Bonchev–Trinajstić information content (AvgIpc) is 3.32. The van der Waals surface area contributed by atoms with Crippen molar-refractivity contribution in [1.29, 1.82) is 0 Å². The summed E-state index contributed by atoms with van der Waals surface area (Å²) in [6.45, 7) is 5.49. The fourth-order valence-electron chi connectivity index (χ4n) is 3.57. The molecule has 6 nitrogen and oxygen atoms in total. The van der Waals surface area contributed by atoms with Crippen LogP contribution in [0.3, 0.4) is 0 Å². The topological polar surface area (TPSA) is 78.6 Å². The van der Waals surface area contributed by atoms with E-state index in [2.05, 4.69) is 47.4 Å². The van der Waals surface area contributed by atoms with Crippen LogP contribution in [0.2, 0.25) is 0 Å². The third-order valence-electron chi connectivity index (χ3n) is 5.29. The van der Waals surface area contributed by atoms with E-state index in [0.717, 1.165) is 32.5 Å². The highest BCUT2D eigenvalue weighted by molar-refractivity contribution is 5.73. The number of nitrogens with zero attached hydrogens (tertiary/aromatic N) is 3. The SMILES string of the molecule is CCc1ccc(CCN2C[C@@H](CO)[C@H](c3cnn(C)c3)C2)cc1.O=C(O)C(F)(F)F. The monoisotopic (exact) mass is 427 g/mol. The number of aromatic nitrogens is 2. The van der Waals surface area contributed by atoms with Crippen molar-refractivity contribution in [2.75, 3.05) is 26.2 Å². The van der Waals surface area contributed by atoms with Crippen LogP contribution in [0.25, 0.3) is 0 Å². The van der Waals surface area contributed by atoms with Crippen molar-refractivity contribution in [3.05, 3.63) is 53.3 Å². The molecule has 2 heterocycles. The first-order valence-electron chi connectivity index (χ1n) is 9.83. The molecule has 3 rings (SSSR count). The number of rotatable bonds is 6. The quantitative estimate of drug-likeness (QED) is 0.741. The first-order valence-corrected chi connectivity index (χ1v) is 9.83. The van der Waals surface area contributed by atoms with Crippen molar-refractivity contribution in [2.24, 2.45) is 13.0 Å². The summed E-state index contributed by atoms with van der Waals surface area (Å²) in [6.07, 6.45) is 1.11. The van der Waals surface area contributed by atoms with Crippen LogP contribution in [0, 0.1) is 5.92 Å². The van der Waals surface area contributed by atoms with Gasteiger partial charge in [0.1, 0.15) is 0 Å². The molecule has 1 aliphatic heterocycles. The van der Waals surface area contributed by atoms with E-state index in [1.54, 1.807) is 0 Å². The van der Waals surface area contributed by atoms with Gasteiger partial charge in [0.2, 0.25) is 0 Å². The molecule has 1 aliphatic rings. The molecule has 30 heavy (non-hydrogen) atoms. The lowest BCUT2D eigenvalue weighted by Crippen LogP contribution is -2.24. The van der Waals surface area contributed by atoms with E-state index < -0.39 is 12.1 Å². The molecule has 9 heteroatoms. The van der Waals surface area contributed by atoms with Gasteiger partial charge in [0, 0.05) is 51.3 Å². The summed E-state index contributed by atoms with van der Waals surface area (Å²) in [6, 6.07) is 8.95. The zero-order valence-electron chi connectivity index (χ0n) is 17.1. The van der Waals surface area contributed by atoms with Crippen LogP contribution in [-0.2, 0) is 24.7 Å². The second kappa shape index (κ2) is 10.6. The molecule has 0 amide bonds. The Labute approximate surface area is 173 Å². The van der Waals surface area contributed by atoms with E-state index >= 15 is 0 Å². The molecule has 2 atom stereocenters. The Bertz CT molecular complexity index is 806. The molecule has 0 saturated carbocycles. The van der Waals surface area contributed by atoms with Crippen molar-refractivity contribution in [1.82, 2.24) is 14.7 Å². The van der Waals surface area contributed by atoms with E-state index in [1.807, 2.05) is 17.9 Å². The molecule has 0 spiro atoms. The Kier molecular flexibility index (Phi) is 8.43. The number of hydrogen-bond acceptors (Lipinski definition) is 4. The van der Waals surface area contributed by atoms with Crippen LogP contribution in [0.4, 0.5) is 13.2 Å². The van der Waals surface area contributed by atoms with Crippen LogP contribution in [-0.4, -0.2) is 63.3 Å². The summed E-state index contributed by atoms with van der Waals surface area (Å²) in [7, 11) is 1.95. The lowest BCUT2D eigenvalue weighted by atomic mass is 9.92. The second-order valence-corrected chi connectivity index (χ2v) is 7.48. The summed E-state index contributed by atoms with van der Waals surface area (Å²) >= 11 is 0. The van der Waals surface area contributed by atoms with Crippen LogP contribution in [0.15, 0.2) is 36.7 Å². The number of carboxylic acids is 1. The molecule has 166 valence electrons. The number of aryl methyl sites for hydroxylation is 2. The lowest BCUT2D eigenvalue weighted by molar-refractivity contribution is -0.192. The summed E-state index contributed by atoms with van der Waals surface area (Å²) in [5.41, 5.74) is 4.04. The Morgan fingerprint density at radius 1 is 1.20 bits per heavy atom. The number of hydrogen-bond donors (Lipinski definition) is 2. The number of aliphatic hydroxyl groups is 1. The van der Waals surface area contributed by atoms with Gasteiger partial charge in [-0.15, -0.1) is 0 Å². The molecule has 0 unspecified atom stereocenters. The van der Waals surface area contributed by atoms with Gasteiger partial charge in [0.15, 0.2) is 0 Å². The summed E-state index contributed by atoms with van der Waals surface area (Å²) < 4.78 is 33.6. The van der Waals surface area contributed by atoms with Crippen molar-refractivity contribution >= 4 is 5.97 Å². The molecule has 1 fully saturated rings. The molecule has 1 aromatic carbocycles. The molecular weight excluding hydrogens is 399 g/mol. The molecular formula is C21H28F3N3O3. The van der Waals surface area contributed by atoms with Gasteiger partial charge in [-0.25, -0.2) is 4.79 Å². The maximum atomic E-state index is 10.6. The van der Waals surface area contributed by atoms with Crippen molar-refractivity contribution in [3.63, 3.8) is 0 Å². The Balaban J connectivity index is 0.000000396. The zero-order chi connectivity index (χ0) is 22.3. The van der Waals surface area contributed by atoms with Crippen molar-refractivity contribution in [3.8, 4) is 0 Å². The molecule has 2 aromatic rings. The first kappa shape index (κ1) is 23.9. The standard InChI is InChI=1S/C19H27N3O.C2HF3O2/c1-3-15-4-6-16(7-5-15)8-9-22-12-18(14-23)19(13-22)17-10-20-21(2)11-17;3-2(4,5)1(6)7/h4-7,10-11,18-19,23H,3,8-9,12-14H2,1-2H3;(H,6,7)/t18-,19-;/m0./s1. The highest BCUT2D eigenvalue weighted by atomic mass is 19.4.